The fourth-order valence-electron chi connectivity index (χ4n) is 1.92. The summed E-state index contributed by atoms with van der Waals surface area (Å²) in [6.07, 6.45) is -2.17. The molecular formula is C13H24O7. The second-order valence-corrected chi connectivity index (χ2v) is 4.29. The Morgan fingerprint density at radius 2 is 1.45 bits per heavy atom. The smallest absolute Gasteiger partial charge is 0.302 e. The molecule has 0 aliphatic heterocycles. The highest BCUT2D eigenvalue weighted by Crippen LogP contribution is 2.17. The van der Waals surface area contributed by atoms with Crippen molar-refractivity contribution in [3.8, 4) is 0 Å². The van der Waals surface area contributed by atoms with Gasteiger partial charge in [-0.15, -0.1) is 0 Å². The van der Waals surface area contributed by atoms with Gasteiger partial charge in [0.25, 0.3) is 0 Å². The van der Waals surface area contributed by atoms with Gasteiger partial charge in [0, 0.05) is 35.2 Å². The van der Waals surface area contributed by atoms with Gasteiger partial charge < -0.3 is 23.7 Å². The zero-order valence-electron chi connectivity index (χ0n) is 12.9. The van der Waals surface area contributed by atoms with Crippen LogP contribution < -0.4 is 0 Å². The van der Waals surface area contributed by atoms with Gasteiger partial charge in [-0.2, -0.15) is 0 Å². The molecule has 0 bridgehead atoms. The predicted molar refractivity (Wildman–Crippen MR) is 70.3 cm³/mol. The third-order valence-electron chi connectivity index (χ3n) is 2.80. The number of carbonyl (C=O) groups is 2. The summed E-state index contributed by atoms with van der Waals surface area (Å²) in [5, 5.41) is 0. The minimum Gasteiger partial charge on any atom is -0.463 e. The normalized spacial score (nSPS) is 16.9. The molecule has 7 nitrogen and oxygen atoms in total. The largest absolute Gasteiger partial charge is 0.463 e. The van der Waals surface area contributed by atoms with Gasteiger partial charge in [-0.25, -0.2) is 0 Å². The molecule has 0 aliphatic carbocycles. The summed E-state index contributed by atoms with van der Waals surface area (Å²) in [5.41, 5.74) is 0. The highest BCUT2D eigenvalue weighted by molar-refractivity contribution is 5.66. The van der Waals surface area contributed by atoms with Crippen molar-refractivity contribution in [1.82, 2.24) is 0 Å². The lowest BCUT2D eigenvalue weighted by molar-refractivity contribution is -0.176. The maximum atomic E-state index is 11.0. The zero-order chi connectivity index (χ0) is 15.7. The first-order valence-corrected chi connectivity index (χ1v) is 6.26. The zero-order valence-corrected chi connectivity index (χ0v) is 12.9. The first kappa shape index (κ1) is 18.8. The molecule has 0 aromatic carbocycles. The lowest BCUT2D eigenvalue weighted by Gasteiger charge is -2.33. The van der Waals surface area contributed by atoms with E-state index >= 15 is 0 Å². The van der Waals surface area contributed by atoms with Crippen LogP contribution in [0.25, 0.3) is 0 Å². The highest BCUT2D eigenvalue weighted by Gasteiger charge is 2.36. The van der Waals surface area contributed by atoms with Gasteiger partial charge in [0.15, 0.2) is 0 Å². The van der Waals surface area contributed by atoms with E-state index in [1.165, 1.54) is 35.2 Å². The molecule has 20 heavy (non-hydrogen) atoms. The van der Waals surface area contributed by atoms with E-state index in [4.69, 9.17) is 23.7 Å². The molecule has 0 aromatic heterocycles. The lowest BCUT2D eigenvalue weighted by atomic mass is 10.0. The molecule has 118 valence electrons. The molecule has 4 atom stereocenters. The summed E-state index contributed by atoms with van der Waals surface area (Å²) < 4.78 is 26.0. The number of methoxy groups -OCH3 is 3. The number of esters is 2. The number of hydrogen-bond donors (Lipinski definition) is 0. The topological polar surface area (TPSA) is 80.3 Å². The Kier molecular flexibility index (Phi) is 9.11. The van der Waals surface area contributed by atoms with Crippen LogP contribution in [0.2, 0.25) is 0 Å². The molecule has 7 heteroatoms. The summed E-state index contributed by atoms with van der Waals surface area (Å²) in [6, 6.07) is 0. The standard InChI is InChI=1S/C13H24O7/c1-8(20-10(3)15)12(17-5)13(18-6)11(16-4)7-19-9(2)14/h8,11-13H,7H2,1-6H3. The van der Waals surface area contributed by atoms with Crippen LogP contribution in [0.4, 0.5) is 0 Å². The molecule has 0 radical (unpaired) electrons. The second-order valence-electron chi connectivity index (χ2n) is 4.29. The van der Waals surface area contributed by atoms with Crippen LogP contribution in [0.5, 0.6) is 0 Å². The van der Waals surface area contributed by atoms with E-state index in [1.807, 2.05) is 0 Å². The van der Waals surface area contributed by atoms with Gasteiger partial charge >= 0.3 is 11.9 Å². The maximum Gasteiger partial charge on any atom is 0.302 e. The lowest BCUT2D eigenvalue weighted by Crippen LogP contribution is -2.49. The van der Waals surface area contributed by atoms with Gasteiger partial charge in [-0.1, -0.05) is 0 Å². The summed E-state index contributed by atoms with van der Waals surface area (Å²) in [5.74, 6) is -0.827. The van der Waals surface area contributed by atoms with E-state index in [2.05, 4.69) is 0 Å². The van der Waals surface area contributed by atoms with Crippen molar-refractivity contribution in [1.29, 1.82) is 0 Å². The van der Waals surface area contributed by atoms with Gasteiger partial charge in [-0.05, 0) is 6.92 Å². The monoisotopic (exact) mass is 292 g/mol. The van der Waals surface area contributed by atoms with Crippen molar-refractivity contribution < 1.29 is 33.3 Å². The number of ether oxygens (including phenoxy) is 5. The van der Waals surface area contributed by atoms with E-state index in [1.54, 1.807) is 6.92 Å². The summed E-state index contributed by atoms with van der Waals surface area (Å²) in [7, 11) is 4.44. The van der Waals surface area contributed by atoms with Crippen LogP contribution in [0, 0.1) is 0 Å². The summed E-state index contributed by atoms with van der Waals surface area (Å²) in [6.45, 7) is 4.35. The Morgan fingerprint density at radius 1 is 0.900 bits per heavy atom. The van der Waals surface area contributed by atoms with Crippen LogP contribution in [0.1, 0.15) is 20.8 Å². The van der Waals surface area contributed by atoms with Crippen molar-refractivity contribution in [3.05, 3.63) is 0 Å². The number of hydrogen-bond acceptors (Lipinski definition) is 7. The highest BCUT2D eigenvalue weighted by atomic mass is 16.6. The Morgan fingerprint density at radius 3 is 1.80 bits per heavy atom. The summed E-state index contributed by atoms with van der Waals surface area (Å²) in [4.78, 5) is 21.9. The number of rotatable bonds is 9. The van der Waals surface area contributed by atoms with Crippen LogP contribution in [-0.2, 0) is 33.3 Å². The molecule has 0 aromatic rings. The van der Waals surface area contributed by atoms with Gasteiger partial charge in [0.05, 0.1) is 0 Å². The first-order valence-electron chi connectivity index (χ1n) is 6.26. The van der Waals surface area contributed by atoms with Gasteiger partial charge in [0.1, 0.15) is 31.0 Å². The Hall–Kier alpha value is -1.18. The fraction of sp³-hybridized carbons (Fsp3) is 0.846. The van der Waals surface area contributed by atoms with E-state index in [9.17, 15) is 9.59 Å². The van der Waals surface area contributed by atoms with Crippen molar-refractivity contribution in [2.24, 2.45) is 0 Å². The van der Waals surface area contributed by atoms with Crippen molar-refractivity contribution in [3.63, 3.8) is 0 Å². The molecule has 0 fully saturated rings. The third kappa shape index (κ3) is 6.31. The minimum atomic E-state index is -0.557. The van der Waals surface area contributed by atoms with Crippen LogP contribution in [-0.4, -0.2) is 64.3 Å². The third-order valence-corrected chi connectivity index (χ3v) is 2.80. The second kappa shape index (κ2) is 9.68. The molecule has 0 heterocycles. The van der Waals surface area contributed by atoms with E-state index in [0.29, 0.717) is 0 Å². The quantitative estimate of drug-likeness (QED) is 0.574. The average molecular weight is 292 g/mol. The molecule has 0 saturated heterocycles. The van der Waals surface area contributed by atoms with Crippen molar-refractivity contribution in [2.75, 3.05) is 27.9 Å². The van der Waals surface area contributed by atoms with Gasteiger partial charge in [-0.3, -0.25) is 9.59 Å². The minimum absolute atomic E-state index is 0.0248. The Balaban J connectivity index is 4.86. The van der Waals surface area contributed by atoms with E-state index in [0.717, 1.165) is 0 Å². The van der Waals surface area contributed by atoms with E-state index in [-0.39, 0.29) is 6.61 Å². The van der Waals surface area contributed by atoms with Crippen molar-refractivity contribution in [2.45, 2.75) is 45.2 Å². The van der Waals surface area contributed by atoms with Crippen LogP contribution in [0.3, 0.4) is 0 Å². The Labute approximate surface area is 119 Å². The molecule has 0 aliphatic rings. The predicted octanol–water partition coefficient (Wildman–Crippen LogP) is 0.546. The van der Waals surface area contributed by atoms with Crippen molar-refractivity contribution >= 4 is 11.9 Å². The molecule has 0 spiro atoms. The van der Waals surface area contributed by atoms with Gasteiger partial charge in [0.2, 0.25) is 0 Å². The molecular weight excluding hydrogens is 268 g/mol. The maximum absolute atomic E-state index is 11.0. The van der Waals surface area contributed by atoms with E-state index < -0.39 is 36.4 Å². The molecule has 4 unspecified atom stereocenters. The number of carbonyl (C=O) groups excluding carboxylic acids is 2. The summed E-state index contributed by atoms with van der Waals surface area (Å²) >= 11 is 0. The molecule has 0 N–H and O–H groups in total. The van der Waals surface area contributed by atoms with Crippen LogP contribution in [0.15, 0.2) is 0 Å². The first-order chi connectivity index (χ1) is 9.37. The Bertz CT molecular complexity index is 305. The average Bonchev–Trinajstić information content (AvgIpc) is 2.36. The SMILES string of the molecule is COC(COC(C)=O)C(OC)C(OC)C(C)OC(C)=O. The van der Waals surface area contributed by atoms with Crippen LogP contribution >= 0.6 is 0 Å². The molecule has 0 saturated carbocycles. The fourth-order valence-corrected chi connectivity index (χ4v) is 1.92. The molecule has 0 rings (SSSR count). The molecule has 0 amide bonds.